The summed E-state index contributed by atoms with van der Waals surface area (Å²) in [7, 11) is 0. The molecule has 6 heteroatoms. The van der Waals surface area contributed by atoms with Gasteiger partial charge in [-0.3, -0.25) is 0 Å². The van der Waals surface area contributed by atoms with Crippen LogP contribution in [0.4, 0.5) is 10.2 Å². The molecule has 0 aromatic carbocycles. The summed E-state index contributed by atoms with van der Waals surface area (Å²) in [6, 6.07) is -0.857. The Kier molecular flexibility index (Phi) is 5.00. The van der Waals surface area contributed by atoms with Crippen LogP contribution in [0.2, 0.25) is 0 Å². The number of aryl methyl sites for hydroxylation is 1. The Labute approximate surface area is 105 Å². The molecule has 0 saturated carbocycles. The second kappa shape index (κ2) is 6.28. The minimum atomic E-state index is -1.01. The number of carboxylic acids is 1. The van der Waals surface area contributed by atoms with Crippen LogP contribution in [0, 0.1) is 11.7 Å². The lowest BCUT2D eigenvalue weighted by Crippen LogP contribution is -2.36. The molecule has 18 heavy (non-hydrogen) atoms. The number of anilines is 1. The maximum Gasteiger partial charge on any atom is 0.326 e. The van der Waals surface area contributed by atoms with Crippen LogP contribution in [0.1, 0.15) is 32.9 Å². The molecule has 0 aliphatic carbocycles. The summed E-state index contributed by atoms with van der Waals surface area (Å²) in [5.41, 5.74) is 0.279. The average molecular weight is 255 g/mol. The number of aromatic nitrogens is 2. The minimum Gasteiger partial charge on any atom is -0.480 e. The first-order valence-corrected chi connectivity index (χ1v) is 5.99. The van der Waals surface area contributed by atoms with Crippen molar-refractivity contribution >= 4 is 11.8 Å². The van der Waals surface area contributed by atoms with Crippen LogP contribution in [0.25, 0.3) is 0 Å². The van der Waals surface area contributed by atoms with Gasteiger partial charge in [-0.2, -0.15) is 0 Å². The molecule has 0 bridgehead atoms. The molecule has 2 N–H and O–H groups in total. The molecule has 2 atom stereocenters. The topological polar surface area (TPSA) is 75.1 Å². The summed E-state index contributed by atoms with van der Waals surface area (Å²) in [6.45, 7) is 5.46. The highest BCUT2D eigenvalue weighted by atomic mass is 19.1. The smallest absolute Gasteiger partial charge is 0.326 e. The van der Waals surface area contributed by atoms with Crippen molar-refractivity contribution in [1.82, 2.24) is 9.97 Å². The van der Waals surface area contributed by atoms with E-state index in [1.54, 1.807) is 13.8 Å². The third-order valence-electron chi connectivity index (χ3n) is 2.97. The number of hydrogen-bond acceptors (Lipinski definition) is 4. The zero-order valence-corrected chi connectivity index (χ0v) is 10.8. The van der Waals surface area contributed by atoms with E-state index in [1.807, 2.05) is 6.92 Å². The number of aliphatic carboxylic acids is 1. The maximum absolute atomic E-state index is 13.9. The van der Waals surface area contributed by atoms with Gasteiger partial charge >= 0.3 is 5.97 Å². The molecule has 1 heterocycles. The third-order valence-corrected chi connectivity index (χ3v) is 2.97. The van der Waals surface area contributed by atoms with Gasteiger partial charge in [0.05, 0.1) is 5.69 Å². The van der Waals surface area contributed by atoms with Gasteiger partial charge in [0.25, 0.3) is 0 Å². The van der Waals surface area contributed by atoms with Gasteiger partial charge < -0.3 is 10.4 Å². The molecule has 100 valence electrons. The van der Waals surface area contributed by atoms with E-state index in [4.69, 9.17) is 5.11 Å². The van der Waals surface area contributed by atoms with Crippen molar-refractivity contribution in [2.45, 2.75) is 39.7 Å². The predicted molar refractivity (Wildman–Crippen MR) is 65.9 cm³/mol. The van der Waals surface area contributed by atoms with Gasteiger partial charge in [0.2, 0.25) is 0 Å². The van der Waals surface area contributed by atoms with Crippen LogP contribution in [0.5, 0.6) is 0 Å². The van der Waals surface area contributed by atoms with Gasteiger partial charge in [0.15, 0.2) is 11.6 Å². The SMILES string of the molecule is CCc1ncnc(N[C@H](C(=O)O)[C@@H](C)CC)c1F. The third kappa shape index (κ3) is 3.15. The standard InChI is InChI=1S/C12H18FN3O2/c1-4-7(3)10(12(17)18)16-11-9(13)8(5-2)14-6-15-11/h6-7,10H,4-5H2,1-3H3,(H,17,18)(H,14,15,16)/t7-,10-/m0/s1. The van der Waals surface area contributed by atoms with Crippen molar-refractivity contribution in [1.29, 1.82) is 0 Å². The molecule has 0 spiro atoms. The highest BCUT2D eigenvalue weighted by molar-refractivity contribution is 5.77. The zero-order chi connectivity index (χ0) is 13.7. The average Bonchev–Trinajstić information content (AvgIpc) is 2.36. The summed E-state index contributed by atoms with van der Waals surface area (Å²) in [5.74, 6) is -1.76. The van der Waals surface area contributed by atoms with Crippen molar-refractivity contribution < 1.29 is 14.3 Å². The largest absolute Gasteiger partial charge is 0.480 e. The Morgan fingerprint density at radius 2 is 2.17 bits per heavy atom. The number of hydrogen-bond donors (Lipinski definition) is 2. The minimum absolute atomic E-state index is 0.0467. The summed E-state index contributed by atoms with van der Waals surface area (Å²) >= 11 is 0. The highest BCUT2D eigenvalue weighted by Crippen LogP contribution is 2.18. The quantitative estimate of drug-likeness (QED) is 0.814. The van der Waals surface area contributed by atoms with Gasteiger partial charge in [0.1, 0.15) is 12.4 Å². The van der Waals surface area contributed by atoms with E-state index in [0.29, 0.717) is 12.8 Å². The Bertz CT molecular complexity index is 426. The van der Waals surface area contributed by atoms with Crippen molar-refractivity contribution in [3.63, 3.8) is 0 Å². The van der Waals surface area contributed by atoms with Gasteiger partial charge in [-0.05, 0) is 12.3 Å². The number of halogens is 1. The van der Waals surface area contributed by atoms with E-state index >= 15 is 0 Å². The van der Waals surface area contributed by atoms with E-state index in [1.165, 1.54) is 6.33 Å². The van der Waals surface area contributed by atoms with Gasteiger partial charge in [-0.25, -0.2) is 19.2 Å². The van der Waals surface area contributed by atoms with E-state index < -0.39 is 17.8 Å². The van der Waals surface area contributed by atoms with E-state index in [9.17, 15) is 9.18 Å². The summed E-state index contributed by atoms with van der Waals surface area (Å²) in [6.07, 6.45) is 2.35. The fourth-order valence-electron chi connectivity index (χ4n) is 1.58. The molecule has 1 aromatic heterocycles. The van der Waals surface area contributed by atoms with Crippen molar-refractivity contribution in [2.75, 3.05) is 5.32 Å². The van der Waals surface area contributed by atoms with Crippen LogP contribution in [0.15, 0.2) is 6.33 Å². The Morgan fingerprint density at radius 1 is 1.50 bits per heavy atom. The Hall–Kier alpha value is -1.72. The number of carboxylic acid groups (broad SMARTS) is 1. The van der Waals surface area contributed by atoms with Crippen LogP contribution in [-0.2, 0) is 11.2 Å². The van der Waals surface area contributed by atoms with Crippen LogP contribution in [-0.4, -0.2) is 27.1 Å². The predicted octanol–water partition coefficient (Wildman–Crippen LogP) is 2.09. The molecular formula is C12H18FN3O2. The van der Waals surface area contributed by atoms with Crippen molar-refractivity contribution in [3.8, 4) is 0 Å². The van der Waals surface area contributed by atoms with Crippen LogP contribution in [0.3, 0.4) is 0 Å². The number of nitrogens with one attached hydrogen (secondary N) is 1. The van der Waals surface area contributed by atoms with Gasteiger partial charge in [0, 0.05) is 0 Å². The first-order valence-electron chi connectivity index (χ1n) is 5.99. The molecule has 0 fully saturated rings. The number of nitrogens with zero attached hydrogens (tertiary/aromatic N) is 2. The lowest BCUT2D eigenvalue weighted by Gasteiger charge is -2.21. The van der Waals surface area contributed by atoms with E-state index in [-0.39, 0.29) is 17.4 Å². The fourth-order valence-corrected chi connectivity index (χ4v) is 1.58. The Balaban J connectivity index is 2.97. The monoisotopic (exact) mass is 255 g/mol. The normalized spacial score (nSPS) is 14.0. The number of carbonyl (C=O) groups is 1. The lowest BCUT2D eigenvalue weighted by atomic mass is 9.99. The van der Waals surface area contributed by atoms with Crippen LogP contribution >= 0.6 is 0 Å². The summed E-state index contributed by atoms with van der Waals surface area (Å²) < 4.78 is 13.9. The highest BCUT2D eigenvalue weighted by Gasteiger charge is 2.25. The first-order chi connectivity index (χ1) is 8.51. The molecule has 0 saturated heterocycles. The maximum atomic E-state index is 13.9. The fraction of sp³-hybridized carbons (Fsp3) is 0.583. The molecule has 0 radical (unpaired) electrons. The molecule has 1 rings (SSSR count). The molecule has 0 aliphatic rings. The molecular weight excluding hydrogens is 237 g/mol. The van der Waals surface area contributed by atoms with Crippen molar-refractivity contribution in [2.24, 2.45) is 5.92 Å². The lowest BCUT2D eigenvalue weighted by molar-refractivity contribution is -0.139. The Morgan fingerprint density at radius 3 is 2.67 bits per heavy atom. The first kappa shape index (κ1) is 14.3. The van der Waals surface area contributed by atoms with Crippen molar-refractivity contribution in [3.05, 3.63) is 17.8 Å². The second-order valence-electron chi connectivity index (χ2n) is 4.18. The molecule has 1 aromatic rings. The zero-order valence-electron chi connectivity index (χ0n) is 10.8. The molecule has 0 aliphatic heterocycles. The van der Waals surface area contributed by atoms with E-state index in [2.05, 4.69) is 15.3 Å². The summed E-state index contributed by atoms with van der Waals surface area (Å²) in [4.78, 5) is 18.7. The number of rotatable bonds is 6. The van der Waals surface area contributed by atoms with Crippen LogP contribution < -0.4 is 5.32 Å². The summed E-state index contributed by atoms with van der Waals surface area (Å²) in [5, 5.41) is 11.8. The van der Waals surface area contributed by atoms with Gasteiger partial charge in [-0.15, -0.1) is 0 Å². The second-order valence-corrected chi connectivity index (χ2v) is 4.18. The molecule has 0 unspecified atom stereocenters. The molecule has 5 nitrogen and oxygen atoms in total. The van der Waals surface area contributed by atoms with Gasteiger partial charge in [-0.1, -0.05) is 27.2 Å². The van der Waals surface area contributed by atoms with E-state index in [0.717, 1.165) is 0 Å². The molecule has 0 amide bonds.